The van der Waals surface area contributed by atoms with Crippen molar-refractivity contribution in [3.05, 3.63) is 64.7 Å². The summed E-state index contributed by atoms with van der Waals surface area (Å²) in [6.07, 6.45) is 0.437. The van der Waals surface area contributed by atoms with Crippen LogP contribution in [0, 0.1) is 0 Å². The highest BCUT2D eigenvalue weighted by Gasteiger charge is 2.20. The number of primary amides is 1. The van der Waals surface area contributed by atoms with Crippen LogP contribution in [0.5, 0.6) is 0 Å². The molecule has 2 aliphatic rings. The number of thioether (sulfide) groups is 1. The summed E-state index contributed by atoms with van der Waals surface area (Å²) in [7, 11) is 0. The predicted octanol–water partition coefficient (Wildman–Crippen LogP) is 1.88. The maximum absolute atomic E-state index is 11.5. The minimum Gasteiger partial charge on any atom is -0.366 e. The van der Waals surface area contributed by atoms with E-state index in [0.29, 0.717) is 24.3 Å². The molecular weight excluding hydrogens is 362 g/mol. The van der Waals surface area contributed by atoms with Crippen LogP contribution < -0.4 is 16.5 Å². The number of carbonyl (C=O) groups excluding carboxylic acids is 2. The molecule has 0 spiro atoms. The molecule has 27 heavy (non-hydrogen) atoms. The lowest BCUT2D eigenvalue weighted by Gasteiger charge is -2.15. The van der Waals surface area contributed by atoms with Crippen molar-refractivity contribution >= 4 is 40.1 Å². The fraction of sp³-hybridized carbons (Fsp3) is 0.158. The number of carbonyl (C=O) groups is 2. The Hall–Kier alpha value is -3.13. The molecule has 4 N–H and O–H groups in total. The molecule has 0 aliphatic carbocycles. The maximum atomic E-state index is 11.5. The fourth-order valence-electron chi connectivity index (χ4n) is 2.88. The molecule has 7 nitrogen and oxygen atoms in total. The van der Waals surface area contributed by atoms with Crippen molar-refractivity contribution in [3.63, 3.8) is 0 Å². The minimum absolute atomic E-state index is 0.0264. The molecule has 0 unspecified atom stereocenters. The average Bonchev–Trinajstić information content (AvgIpc) is 3.06. The van der Waals surface area contributed by atoms with Gasteiger partial charge in [0.2, 0.25) is 11.8 Å². The Labute approximate surface area is 160 Å². The minimum atomic E-state index is -0.439. The first-order valence-corrected chi connectivity index (χ1v) is 9.39. The van der Waals surface area contributed by atoms with Crippen molar-refractivity contribution in [1.82, 2.24) is 5.43 Å². The second-order valence-electron chi connectivity index (χ2n) is 6.24. The summed E-state index contributed by atoms with van der Waals surface area (Å²) < 4.78 is 0. The Bertz CT molecular complexity index is 982. The number of hydrazone groups is 1. The molecule has 0 fully saturated rings. The van der Waals surface area contributed by atoms with E-state index in [2.05, 4.69) is 20.8 Å². The number of anilines is 1. The third-order valence-corrected chi connectivity index (χ3v) is 5.26. The average molecular weight is 379 g/mol. The lowest BCUT2D eigenvalue weighted by Crippen LogP contribution is -2.25. The van der Waals surface area contributed by atoms with Crippen LogP contribution in [0.15, 0.2) is 52.6 Å². The van der Waals surface area contributed by atoms with E-state index in [0.717, 1.165) is 33.3 Å². The first kappa shape index (κ1) is 17.3. The van der Waals surface area contributed by atoms with Crippen molar-refractivity contribution in [2.24, 2.45) is 15.8 Å². The maximum Gasteiger partial charge on any atom is 0.248 e. The fourth-order valence-corrected chi connectivity index (χ4v) is 3.65. The van der Waals surface area contributed by atoms with Gasteiger partial charge in [-0.05, 0) is 29.3 Å². The van der Waals surface area contributed by atoms with Crippen molar-refractivity contribution < 1.29 is 9.59 Å². The van der Waals surface area contributed by atoms with E-state index in [1.807, 2.05) is 30.3 Å². The molecule has 2 aliphatic heterocycles. The first-order chi connectivity index (χ1) is 13.1. The zero-order valence-corrected chi connectivity index (χ0v) is 15.2. The van der Waals surface area contributed by atoms with Crippen LogP contribution >= 0.6 is 11.8 Å². The highest BCUT2D eigenvalue weighted by molar-refractivity contribution is 8.14. The van der Waals surface area contributed by atoms with E-state index in [4.69, 9.17) is 5.73 Å². The summed E-state index contributed by atoms with van der Waals surface area (Å²) in [6.45, 7) is 0.490. The zero-order valence-electron chi connectivity index (χ0n) is 14.4. The summed E-state index contributed by atoms with van der Waals surface area (Å²) in [5.41, 5.74) is 13.5. The lowest BCUT2D eigenvalue weighted by atomic mass is 10.1. The second-order valence-corrected chi connectivity index (χ2v) is 7.20. The molecule has 136 valence electrons. The Morgan fingerprint density at radius 3 is 2.74 bits per heavy atom. The molecule has 8 heteroatoms. The molecule has 2 aromatic carbocycles. The number of nitrogens with one attached hydrogen (secondary N) is 2. The smallest absolute Gasteiger partial charge is 0.248 e. The van der Waals surface area contributed by atoms with Gasteiger partial charge in [0, 0.05) is 22.6 Å². The van der Waals surface area contributed by atoms with Gasteiger partial charge in [0.15, 0.2) is 5.17 Å². The number of amidine groups is 1. The summed E-state index contributed by atoms with van der Waals surface area (Å²) in [4.78, 5) is 27.1. The van der Waals surface area contributed by atoms with Gasteiger partial charge in [0.1, 0.15) is 0 Å². The monoisotopic (exact) mass is 379 g/mol. The Balaban J connectivity index is 1.41. The molecule has 0 atom stereocenters. The summed E-state index contributed by atoms with van der Waals surface area (Å²) in [6, 6.07) is 13.0. The number of benzene rings is 2. The molecule has 0 aromatic heterocycles. The third kappa shape index (κ3) is 3.85. The number of fused-ring (bicyclic) bond motifs is 1. The van der Waals surface area contributed by atoms with Crippen LogP contribution in [-0.4, -0.2) is 28.4 Å². The van der Waals surface area contributed by atoms with E-state index < -0.39 is 5.91 Å². The van der Waals surface area contributed by atoms with Gasteiger partial charge in [-0.25, -0.2) is 0 Å². The van der Waals surface area contributed by atoms with Crippen molar-refractivity contribution in [1.29, 1.82) is 0 Å². The number of hydrogen-bond donors (Lipinski definition) is 3. The number of rotatable bonds is 4. The molecule has 0 bridgehead atoms. The van der Waals surface area contributed by atoms with Crippen LogP contribution in [0.4, 0.5) is 5.69 Å². The molecule has 0 saturated carbocycles. The molecule has 0 saturated heterocycles. The molecular formula is C19H17N5O2S. The number of nitrogens with two attached hydrogens (primary N) is 1. The first-order valence-electron chi connectivity index (χ1n) is 8.40. The highest BCUT2D eigenvalue weighted by atomic mass is 32.2. The topological polar surface area (TPSA) is 109 Å². The van der Waals surface area contributed by atoms with E-state index in [1.165, 1.54) is 0 Å². The highest BCUT2D eigenvalue weighted by Crippen LogP contribution is 2.25. The van der Waals surface area contributed by atoms with Gasteiger partial charge in [-0.2, -0.15) is 5.10 Å². The molecule has 0 radical (unpaired) electrons. The summed E-state index contributed by atoms with van der Waals surface area (Å²) >= 11 is 1.57. The SMILES string of the molecule is NC(=O)c1ccc(CN=C2NN=C(c3ccc4c(c3)NC(=O)C4)CS2)cc1. The summed E-state index contributed by atoms with van der Waals surface area (Å²) in [5, 5.41) is 8.02. The number of nitrogens with zero attached hydrogens (tertiary/aromatic N) is 2. The van der Waals surface area contributed by atoms with Gasteiger partial charge in [-0.3, -0.25) is 20.0 Å². The van der Waals surface area contributed by atoms with Crippen molar-refractivity contribution in [3.8, 4) is 0 Å². The van der Waals surface area contributed by atoms with E-state index in [-0.39, 0.29) is 5.91 Å². The van der Waals surface area contributed by atoms with Crippen LogP contribution in [0.3, 0.4) is 0 Å². The summed E-state index contributed by atoms with van der Waals surface area (Å²) in [5.74, 6) is 0.281. The van der Waals surface area contributed by atoms with Gasteiger partial charge in [-0.1, -0.05) is 36.0 Å². The predicted molar refractivity (Wildman–Crippen MR) is 107 cm³/mol. The van der Waals surface area contributed by atoms with E-state index >= 15 is 0 Å². The third-order valence-electron chi connectivity index (χ3n) is 4.34. The molecule has 2 heterocycles. The molecule has 2 aromatic rings. The van der Waals surface area contributed by atoms with Crippen LogP contribution in [0.1, 0.15) is 27.0 Å². The molecule has 2 amide bonds. The van der Waals surface area contributed by atoms with E-state index in [9.17, 15) is 9.59 Å². The van der Waals surface area contributed by atoms with Crippen LogP contribution in [-0.2, 0) is 17.8 Å². The van der Waals surface area contributed by atoms with Gasteiger partial charge in [0.05, 0.1) is 18.7 Å². The Morgan fingerprint density at radius 1 is 1.22 bits per heavy atom. The quantitative estimate of drug-likeness (QED) is 0.753. The van der Waals surface area contributed by atoms with Gasteiger partial charge < -0.3 is 11.1 Å². The van der Waals surface area contributed by atoms with E-state index in [1.54, 1.807) is 23.9 Å². The molecule has 4 rings (SSSR count). The van der Waals surface area contributed by atoms with Crippen molar-refractivity contribution in [2.45, 2.75) is 13.0 Å². The Kier molecular flexibility index (Phi) is 4.64. The van der Waals surface area contributed by atoms with Crippen LogP contribution in [0.2, 0.25) is 0 Å². The Morgan fingerprint density at radius 2 is 2.04 bits per heavy atom. The van der Waals surface area contributed by atoms with Gasteiger partial charge in [-0.15, -0.1) is 0 Å². The largest absolute Gasteiger partial charge is 0.366 e. The number of amides is 2. The van der Waals surface area contributed by atoms with Crippen LogP contribution in [0.25, 0.3) is 0 Å². The normalized spacial score (nSPS) is 17.1. The van der Waals surface area contributed by atoms with Gasteiger partial charge in [0.25, 0.3) is 0 Å². The zero-order chi connectivity index (χ0) is 18.8. The number of hydrogen-bond acceptors (Lipinski definition) is 5. The lowest BCUT2D eigenvalue weighted by molar-refractivity contribution is -0.115. The number of aliphatic imine (C=N–C) groups is 1. The van der Waals surface area contributed by atoms with Crippen molar-refractivity contribution in [2.75, 3.05) is 11.1 Å². The standard InChI is InChI=1S/C19H17N5O2S/c20-18(26)12-3-1-11(2-4-12)9-21-19-24-23-16(10-27-19)13-5-6-14-8-17(25)22-15(14)7-13/h1-7H,8-10H2,(H2,20,26)(H,21,24)(H,22,25). The second kappa shape index (κ2) is 7.24. The van der Waals surface area contributed by atoms with Gasteiger partial charge >= 0.3 is 0 Å².